The number of alkyl halides is 1. The summed E-state index contributed by atoms with van der Waals surface area (Å²) in [6.07, 6.45) is 1.66. The normalized spacial score (nSPS) is 13.6. The topological polar surface area (TPSA) is 117 Å². The van der Waals surface area contributed by atoms with Crippen LogP contribution in [0.15, 0.2) is 77.7 Å². The van der Waals surface area contributed by atoms with Crippen LogP contribution in [-0.2, 0) is 16.1 Å². The maximum absolute atomic E-state index is 13.9. The molecular weight excluding hydrogens is 580 g/mol. The third kappa shape index (κ3) is 7.13. The van der Waals surface area contributed by atoms with E-state index >= 15 is 0 Å². The molecule has 1 N–H and O–H groups in total. The first-order valence-corrected chi connectivity index (χ1v) is 14.6. The first kappa shape index (κ1) is 31.2. The molecule has 0 radical (unpaired) electrons. The van der Waals surface area contributed by atoms with Gasteiger partial charge in [0, 0.05) is 35.5 Å². The van der Waals surface area contributed by atoms with Crippen molar-refractivity contribution in [2.75, 3.05) is 43.2 Å². The summed E-state index contributed by atoms with van der Waals surface area (Å²) < 4.78 is 33.9. The van der Waals surface area contributed by atoms with Crippen LogP contribution >= 0.6 is 0 Å². The zero-order chi connectivity index (χ0) is 31.9. The SMILES string of the molecule is CC[C@@H](CF)C(=O)Nc1ncc(-c2cccc(C#N)c2)n(Cc2cc(C(=O)c3ccc(F)cc3)cc(N3CCOCC3)c2)c1=O. The van der Waals surface area contributed by atoms with Crippen molar-refractivity contribution in [1.29, 1.82) is 5.26 Å². The number of halogens is 2. The number of rotatable bonds is 10. The fourth-order valence-corrected chi connectivity index (χ4v) is 5.14. The number of carbonyl (C=O) groups excluding carboxylic acids is 2. The number of carbonyl (C=O) groups is 2. The molecule has 3 aromatic carbocycles. The van der Waals surface area contributed by atoms with E-state index in [1.54, 1.807) is 43.3 Å². The van der Waals surface area contributed by atoms with Crippen LogP contribution in [0.1, 0.15) is 40.4 Å². The smallest absolute Gasteiger partial charge is 0.294 e. The number of anilines is 2. The summed E-state index contributed by atoms with van der Waals surface area (Å²) in [6.45, 7) is 2.97. The third-order valence-corrected chi connectivity index (χ3v) is 7.70. The minimum absolute atomic E-state index is 0.0292. The number of nitrogens with one attached hydrogen (secondary N) is 1. The number of morpholine rings is 1. The number of benzene rings is 3. The van der Waals surface area contributed by atoms with Gasteiger partial charge in [-0.05, 0) is 66.6 Å². The highest BCUT2D eigenvalue weighted by atomic mass is 19.1. The zero-order valence-corrected chi connectivity index (χ0v) is 24.6. The summed E-state index contributed by atoms with van der Waals surface area (Å²) in [5.41, 5.74) is 2.65. The molecule has 5 rings (SSSR count). The van der Waals surface area contributed by atoms with Crippen LogP contribution in [0.2, 0.25) is 0 Å². The predicted octanol–water partition coefficient (Wildman–Crippen LogP) is 4.97. The van der Waals surface area contributed by atoms with E-state index in [4.69, 9.17) is 4.74 Å². The lowest BCUT2D eigenvalue weighted by atomic mass is 9.99. The molecule has 4 aromatic rings. The number of hydrogen-bond donors (Lipinski definition) is 1. The van der Waals surface area contributed by atoms with Crippen LogP contribution in [0.25, 0.3) is 11.3 Å². The molecule has 11 heteroatoms. The number of hydrogen-bond acceptors (Lipinski definition) is 7. The summed E-state index contributed by atoms with van der Waals surface area (Å²) >= 11 is 0. The zero-order valence-electron chi connectivity index (χ0n) is 24.6. The van der Waals surface area contributed by atoms with Gasteiger partial charge in [0.05, 0.1) is 49.2 Å². The highest BCUT2D eigenvalue weighted by molar-refractivity contribution is 6.09. The van der Waals surface area contributed by atoms with Crippen molar-refractivity contribution in [3.05, 3.63) is 111 Å². The lowest BCUT2D eigenvalue weighted by Crippen LogP contribution is -2.36. The van der Waals surface area contributed by atoms with Gasteiger partial charge in [0.2, 0.25) is 5.91 Å². The lowest BCUT2D eigenvalue weighted by Gasteiger charge is -2.29. The Morgan fingerprint density at radius 3 is 2.51 bits per heavy atom. The van der Waals surface area contributed by atoms with Gasteiger partial charge in [0.25, 0.3) is 5.56 Å². The Balaban J connectivity index is 1.63. The van der Waals surface area contributed by atoms with Crippen molar-refractivity contribution < 1.29 is 23.1 Å². The highest BCUT2D eigenvalue weighted by Crippen LogP contribution is 2.26. The van der Waals surface area contributed by atoms with Crippen LogP contribution in [0.5, 0.6) is 0 Å². The van der Waals surface area contributed by atoms with E-state index in [1.807, 2.05) is 6.07 Å². The predicted molar refractivity (Wildman–Crippen MR) is 165 cm³/mol. The Morgan fingerprint density at radius 2 is 1.82 bits per heavy atom. The summed E-state index contributed by atoms with van der Waals surface area (Å²) in [5.74, 6) is -2.63. The number of amides is 1. The first-order chi connectivity index (χ1) is 21.8. The van der Waals surface area contributed by atoms with E-state index in [0.717, 1.165) is 5.69 Å². The van der Waals surface area contributed by atoms with Crippen molar-refractivity contribution in [3.8, 4) is 17.3 Å². The van der Waals surface area contributed by atoms with Gasteiger partial charge in [-0.2, -0.15) is 5.26 Å². The molecule has 0 spiro atoms. The van der Waals surface area contributed by atoms with Gasteiger partial charge < -0.3 is 15.0 Å². The quantitative estimate of drug-likeness (QED) is 0.252. The van der Waals surface area contributed by atoms with Crippen LogP contribution < -0.4 is 15.8 Å². The molecule has 1 saturated heterocycles. The Bertz CT molecular complexity index is 1810. The summed E-state index contributed by atoms with van der Waals surface area (Å²) in [6, 6.07) is 19.4. The molecule has 0 saturated carbocycles. The van der Waals surface area contributed by atoms with Gasteiger partial charge in [-0.3, -0.25) is 23.3 Å². The van der Waals surface area contributed by atoms with E-state index in [9.17, 15) is 28.4 Å². The third-order valence-electron chi connectivity index (χ3n) is 7.70. The van der Waals surface area contributed by atoms with Gasteiger partial charge in [-0.1, -0.05) is 19.1 Å². The molecule has 9 nitrogen and oxygen atoms in total. The maximum Gasteiger partial charge on any atom is 0.294 e. The fourth-order valence-electron chi connectivity index (χ4n) is 5.14. The molecule has 2 heterocycles. The molecule has 0 bridgehead atoms. The van der Waals surface area contributed by atoms with Gasteiger partial charge in [-0.25, -0.2) is 9.37 Å². The Kier molecular flexibility index (Phi) is 9.75. The van der Waals surface area contributed by atoms with Crippen LogP contribution in [-0.4, -0.2) is 54.2 Å². The molecule has 1 amide bonds. The average molecular weight is 612 g/mol. The van der Waals surface area contributed by atoms with E-state index in [0.29, 0.717) is 59.8 Å². The Hall–Kier alpha value is -5.21. The number of aromatic nitrogens is 2. The molecule has 230 valence electrons. The van der Waals surface area contributed by atoms with Crippen molar-refractivity contribution in [2.24, 2.45) is 5.92 Å². The largest absolute Gasteiger partial charge is 0.378 e. The van der Waals surface area contributed by atoms with E-state index in [-0.39, 0.29) is 24.6 Å². The van der Waals surface area contributed by atoms with Crippen molar-refractivity contribution in [3.63, 3.8) is 0 Å². The summed E-state index contributed by atoms with van der Waals surface area (Å²) in [4.78, 5) is 46.4. The summed E-state index contributed by atoms with van der Waals surface area (Å²) in [5, 5.41) is 12.0. The second-order valence-electron chi connectivity index (χ2n) is 10.6. The minimum atomic E-state index is -0.933. The van der Waals surface area contributed by atoms with Crippen molar-refractivity contribution >= 4 is 23.2 Å². The second-order valence-corrected chi connectivity index (χ2v) is 10.6. The molecule has 45 heavy (non-hydrogen) atoms. The van der Waals surface area contributed by atoms with Crippen molar-refractivity contribution in [1.82, 2.24) is 9.55 Å². The van der Waals surface area contributed by atoms with E-state index in [1.165, 1.54) is 35.0 Å². The number of nitrogens with zero attached hydrogens (tertiary/aromatic N) is 4. The standard InChI is InChI=1S/C34H31F2N5O4/c1-2-24(18-35)33(43)39-32-34(44)41(30(20-38-32)26-5-3-4-22(14-26)19-37)21-23-15-27(31(42)25-6-8-28(36)9-7-25)17-29(16-23)40-10-12-45-13-11-40/h3-9,14-17,20,24H,2,10-13,18,21H2,1H3,(H,38,39,43)/t24-/m0/s1. The lowest BCUT2D eigenvalue weighted by molar-refractivity contribution is -0.120. The number of ether oxygens (including phenoxy) is 1. The number of nitriles is 1. The van der Waals surface area contributed by atoms with Gasteiger partial charge in [0.1, 0.15) is 12.5 Å². The molecule has 0 aliphatic carbocycles. The maximum atomic E-state index is 13.9. The first-order valence-electron chi connectivity index (χ1n) is 14.6. The van der Waals surface area contributed by atoms with Gasteiger partial charge in [-0.15, -0.1) is 0 Å². The van der Waals surface area contributed by atoms with Crippen molar-refractivity contribution in [2.45, 2.75) is 19.9 Å². The Labute approximate surface area is 258 Å². The molecule has 1 atom stereocenters. The van der Waals surface area contributed by atoms with Gasteiger partial charge in [0.15, 0.2) is 11.6 Å². The van der Waals surface area contributed by atoms with E-state index in [2.05, 4.69) is 21.3 Å². The summed E-state index contributed by atoms with van der Waals surface area (Å²) in [7, 11) is 0. The molecule has 1 aliphatic heterocycles. The molecule has 0 unspecified atom stereocenters. The molecular formula is C34H31F2N5O4. The van der Waals surface area contributed by atoms with Gasteiger partial charge >= 0.3 is 0 Å². The van der Waals surface area contributed by atoms with Crippen LogP contribution in [0.3, 0.4) is 0 Å². The highest BCUT2D eigenvalue weighted by Gasteiger charge is 2.22. The van der Waals surface area contributed by atoms with E-state index < -0.39 is 29.9 Å². The molecule has 1 fully saturated rings. The second kappa shape index (κ2) is 14.1. The Morgan fingerprint density at radius 1 is 1.07 bits per heavy atom. The number of ketones is 1. The van der Waals surface area contributed by atoms with Crippen LogP contribution in [0, 0.1) is 23.1 Å². The molecule has 1 aliphatic rings. The average Bonchev–Trinajstić information content (AvgIpc) is 3.07. The monoisotopic (exact) mass is 611 g/mol. The van der Waals surface area contributed by atoms with Crippen LogP contribution in [0.4, 0.5) is 20.3 Å². The fraction of sp³-hybridized carbons (Fsp3) is 0.265. The minimum Gasteiger partial charge on any atom is -0.378 e. The molecule has 1 aromatic heterocycles.